The summed E-state index contributed by atoms with van der Waals surface area (Å²) in [6, 6.07) is 16.2. The molecular weight excluding hydrogens is 262 g/mol. The molecule has 100 valence electrons. The van der Waals surface area contributed by atoms with Crippen LogP contribution in [-0.2, 0) is 0 Å². The Labute approximate surface area is 121 Å². The smallest absolute Gasteiger partial charge is 0.196 e. The monoisotopic (exact) mass is 273 g/mol. The lowest BCUT2D eigenvalue weighted by Crippen LogP contribution is -2.22. The van der Waals surface area contributed by atoms with Crippen molar-refractivity contribution < 1.29 is 9.59 Å². The minimum atomic E-state index is -0.177. The molecule has 0 saturated heterocycles. The van der Waals surface area contributed by atoms with Crippen LogP contribution in [0.25, 0.3) is 10.8 Å². The van der Waals surface area contributed by atoms with Gasteiger partial charge in [0.05, 0.1) is 5.56 Å². The van der Waals surface area contributed by atoms with Gasteiger partial charge in [-0.05, 0) is 22.9 Å². The zero-order chi connectivity index (χ0) is 14.6. The molecule has 0 aromatic heterocycles. The number of rotatable bonds is 0. The number of anilines is 1. The third-order valence-electron chi connectivity index (χ3n) is 3.97. The molecule has 4 rings (SSSR count). The summed E-state index contributed by atoms with van der Waals surface area (Å²) in [6.45, 7) is 0. The van der Waals surface area contributed by atoms with Crippen LogP contribution in [0.15, 0.2) is 54.6 Å². The molecule has 2 N–H and O–H groups in total. The number of benzene rings is 3. The zero-order valence-electron chi connectivity index (χ0n) is 11.1. The maximum Gasteiger partial charge on any atom is 0.196 e. The third-order valence-corrected chi connectivity index (χ3v) is 3.97. The Balaban J connectivity index is 2.14. The molecule has 21 heavy (non-hydrogen) atoms. The Morgan fingerprint density at radius 3 is 2.24 bits per heavy atom. The molecule has 1 aliphatic rings. The highest BCUT2D eigenvalue weighted by atomic mass is 16.1. The highest BCUT2D eigenvalue weighted by Gasteiger charge is 2.32. The fraction of sp³-hybridized carbons (Fsp3) is 0. The van der Waals surface area contributed by atoms with Gasteiger partial charge in [0, 0.05) is 22.4 Å². The molecule has 0 heterocycles. The highest BCUT2D eigenvalue weighted by Crippen LogP contribution is 2.34. The fourth-order valence-corrected chi connectivity index (χ4v) is 2.99. The normalized spacial score (nSPS) is 13.1. The summed E-state index contributed by atoms with van der Waals surface area (Å²) >= 11 is 0. The number of fused-ring (bicyclic) bond motifs is 4. The van der Waals surface area contributed by atoms with Crippen LogP contribution in [0.3, 0.4) is 0 Å². The van der Waals surface area contributed by atoms with E-state index in [-0.39, 0.29) is 11.6 Å². The van der Waals surface area contributed by atoms with Crippen molar-refractivity contribution in [3.8, 4) is 0 Å². The van der Waals surface area contributed by atoms with Gasteiger partial charge in [0.2, 0.25) is 0 Å². The first-order chi connectivity index (χ1) is 10.2. The lowest BCUT2D eigenvalue weighted by atomic mass is 9.81. The Morgan fingerprint density at radius 1 is 0.667 bits per heavy atom. The van der Waals surface area contributed by atoms with Crippen molar-refractivity contribution in [1.82, 2.24) is 0 Å². The molecule has 0 aliphatic heterocycles. The second kappa shape index (κ2) is 4.03. The highest BCUT2D eigenvalue weighted by molar-refractivity contribution is 6.33. The molecule has 1 aliphatic carbocycles. The van der Waals surface area contributed by atoms with Gasteiger partial charge >= 0.3 is 0 Å². The molecule has 0 bridgehead atoms. The van der Waals surface area contributed by atoms with Gasteiger partial charge in [-0.25, -0.2) is 0 Å². The molecule has 0 amide bonds. The molecule has 0 atom stereocenters. The molecular formula is C18H11NO2. The summed E-state index contributed by atoms with van der Waals surface area (Å²) in [7, 11) is 0. The van der Waals surface area contributed by atoms with Gasteiger partial charge in [0.15, 0.2) is 11.6 Å². The summed E-state index contributed by atoms with van der Waals surface area (Å²) in [4.78, 5) is 25.5. The first kappa shape index (κ1) is 11.9. The number of nitrogen functional groups attached to an aromatic ring is 1. The molecule has 3 nitrogen and oxygen atoms in total. The average Bonchev–Trinajstić information content (AvgIpc) is 2.51. The maximum absolute atomic E-state index is 12.8. The average molecular weight is 273 g/mol. The lowest BCUT2D eigenvalue weighted by molar-refractivity contribution is 0.0981. The van der Waals surface area contributed by atoms with E-state index in [0.29, 0.717) is 27.9 Å². The number of hydrogen-bond donors (Lipinski definition) is 1. The molecule has 3 heteroatoms. The maximum atomic E-state index is 12.8. The predicted octanol–water partition coefficient (Wildman–Crippen LogP) is 3.20. The Bertz CT molecular complexity index is 941. The van der Waals surface area contributed by atoms with E-state index < -0.39 is 0 Å². The fourth-order valence-electron chi connectivity index (χ4n) is 2.99. The van der Waals surface area contributed by atoms with E-state index in [4.69, 9.17) is 5.73 Å². The van der Waals surface area contributed by atoms with Gasteiger partial charge in [-0.1, -0.05) is 42.5 Å². The molecule has 0 radical (unpaired) electrons. The van der Waals surface area contributed by atoms with Gasteiger partial charge in [0.1, 0.15) is 0 Å². The molecule has 0 spiro atoms. The Hall–Kier alpha value is -2.94. The topological polar surface area (TPSA) is 60.2 Å². The van der Waals surface area contributed by atoms with E-state index in [1.54, 1.807) is 24.3 Å². The van der Waals surface area contributed by atoms with E-state index >= 15 is 0 Å². The quantitative estimate of drug-likeness (QED) is 0.500. The summed E-state index contributed by atoms with van der Waals surface area (Å²) in [5, 5.41) is 1.76. The SMILES string of the molecule is Nc1cccc2c1C(=O)c1ccc3ccccc3c1C2=O. The summed E-state index contributed by atoms with van der Waals surface area (Å²) in [5.74, 6) is -0.313. The predicted molar refractivity (Wildman–Crippen MR) is 81.7 cm³/mol. The second-order valence-corrected chi connectivity index (χ2v) is 5.14. The molecule has 0 unspecified atom stereocenters. The standard InChI is InChI=1S/C18H11NO2/c19-14-7-3-6-12-16(14)18(21)13-9-8-10-4-1-2-5-11(10)15(13)17(12)20/h1-9H,19H2. The van der Waals surface area contributed by atoms with E-state index in [2.05, 4.69) is 0 Å². The van der Waals surface area contributed by atoms with Gasteiger partial charge in [0.25, 0.3) is 0 Å². The minimum Gasteiger partial charge on any atom is -0.398 e. The van der Waals surface area contributed by atoms with E-state index in [0.717, 1.165) is 10.8 Å². The van der Waals surface area contributed by atoms with Crippen molar-refractivity contribution >= 4 is 28.0 Å². The second-order valence-electron chi connectivity index (χ2n) is 5.14. The summed E-state index contributed by atoms with van der Waals surface area (Å²) in [6.07, 6.45) is 0. The van der Waals surface area contributed by atoms with Gasteiger partial charge in [-0.2, -0.15) is 0 Å². The van der Waals surface area contributed by atoms with E-state index in [1.807, 2.05) is 30.3 Å². The number of hydrogen-bond acceptors (Lipinski definition) is 3. The molecule has 3 aromatic rings. The van der Waals surface area contributed by atoms with Crippen LogP contribution in [0.1, 0.15) is 31.8 Å². The van der Waals surface area contributed by atoms with Crippen LogP contribution in [0.4, 0.5) is 5.69 Å². The Morgan fingerprint density at radius 2 is 1.38 bits per heavy atom. The lowest BCUT2D eigenvalue weighted by Gasteiger charge is -2.20. The third kappa shape index (κ3) is 1.48. The largest absolute Gasteiger partial charge is 0.398 e. The number of carbonyl (C=O) groups is 2. The number of carbonyl (C=O) groups excluding carboxylic acids is 2. The number of nitrogens with two attached hydrogens (primary N) is 1. The van der Waals surface area contributed by atoms with E-state index in [1.165, 1.54) is 0 Å². The van der Waals surface area contributed by atoms with Crippen molar-refractivity contribution in [2.45, 2.75) is 0 Å². The molecule has 0 fully saturated rings. The van der Waals surface area contributed by atoms with Crippen molar-refractivity contribution in [3.05, 3.63) is 76.9 Å². The summed E-state index contributed by atoms with van der Waals surface area (Å²) < 4.78 is 0. The first-order valence-electron chi connectivity index (χ1n) is 6.68. The van der Waals surface area contributed by atoms with Crippen LogP contribution >= 0.6 is 0 Å². The minimum absolute atomic E-state index is 0.135. The first-order valence-corrected chi connectivity index (χ1v) is 6.68. The van der Waals surface area contributed by atoms with Gasteiger partial charge < -0.3 is 5.73 Å². The van der Waals surface area contributed by atoms with E-state index in [9.17, 15) is 9.59 Å². The van der Waals surface area contributed by atoms with Gasteiger partial charge in [-0.15, -0.1) is 0 Å². The van der Waals surface area contributed by atoms with Crippen LogP contribution in [0, 0.1) is 0 Å². The van der Waals surface area contributed by atoms with Gasteiger partial charge in [-0.3, -0.25) is 9.59 Å². The zero-order valence-corrected chi connectivity index (χ0v) is 11.1. The van der Waals surface area contributed by atoms with Crippen molar-refractivity contribution in [3.63, 3.8) is 0 Å². The molecule has 3 aromatic carbocycles. The van der Waals surface area contributed by atoms with Crippen LogP contribution in [0.2, 0.25) is 0 Å². The Kier molecular flexibility index (Phi) is 2.27. The number of ketones is 2. The van der Waals surface area contributed by atoms with Crippen molar-refractivity contribution in [2.24, 2.45) is 0 Å². The van der Waals surface area contributed by atoms with Crippen LogP contribution in [0.5, 0.6) is 0 Å². The van der Waals surface area contributed by atoms with Crippen LogP contribution in [-0.4, -0.2) is 11.6 Å². The van der Waals surface area contributed by atoms with Crippen LogP contribution < -0.4 is 5.73 Å². The van der Waals surface area contributed by atoms with Crippen molar-refractivity contribution in [2.75, 3.05) is 5.73 Å². The molecule has 0 saturated carbocycles. The van der Waals surface area contributed by atoms with Crippen molar-refractivity contribution in [1.29, 1.82) is 0 Å². The summed E-state index contributed by atoms with van der Waals surface area (Å²) in [5.41, 5.74) is 7.88.